The van der Waals surface area contributed by atoms with Crippen LogP contribution >= 0.6 is 0 Å². The van der Waals surface area contributed by atoms with Crippen LogP contribution in [0.4, 0.5) is 0 Å². The standard InChI is InChI=1S/2C3H2NO.Cu/c2*1-2-5-3-4-1;/h2*1-2H;/q2*-1;+2. The van der Waals surface area contributed by atoms with Gasteiger partial charge in [0.15, 0.2) is 0 Å². The predicted molar refractivity (Wildman–Crippen MR) is 30.7 cm³/mol. The van der Waals surface area contributed by atoms with E-state index in [1.54, 1.807) is 0 Å². The van der Waals surface area contributed by atoms with Crippen LogP contribution in [0.15, 0.2) is 33.8 Å². The zero-order chi connectivity index (χ0) is 7.07. The Labute approximate surface area is 74.1 Å². The summed E-state index contributed by atoms with van der Waals surface area (Å²) >= 11 is 0. The second kappa shape index (κ2) is 7.05. The van der Waals surface area contributed by atoms with E-state index >= 15 is 0 Å². The Balaban J connectivity index is 0.000000167. The first-order valence-electron chi connectivity index (χ1n) is 2.51. The fraction of sp³-hybridized carbons (Fsp3) is 0. The summed E-state index contributed by atoms with van der Waals surface area (Å²) in [4.78, 5) is 6.86. The summed E-state index contributed by atoms with van der Waals surface area (Å²) in [6.45, 7) is 0. The largest absolute Gasteiger partial charge is 2.00 e. The Bertz CT molecular complexity index is 158. The third kappa shape index (κ3) is 5.39. The number of rotatable bonds is 0. The van der Waals surface area contributed by atoms with Gasteiger partial charge in [-0.2, -0.15) is 0 Å². The average Bonchev–Trinajstić information content (AvgIpc) is 2.67. The van der Waals surface area contributed by atoms with Gasteiger partial charge in [0.2, 0.25) is 0 Å². The van der Waals surface area contributed by atoms with Crippen LogP contribution < -0.4 is 0 Å². The Morgan fingerprint density at radius 1 is 0.909 bits per heavy atom. The van der Waals surface area contributed by atoms with Crippen molar-refractivity contribution in [2.75, 3.05) is 0 Å². The number of nitrogens with zero attached hydrogens (tertiary/aromatic N) is 2. The monoisotopic (exact) mass is 199 g/mol. The molecular formula is C6H4CuN2O2. The number of hydrogen-bond donors (Lipinski definition) is 0. The smallest absolute Gasteiger partial charge is 0.581 e. The Morgan fingerprint density at radius 2 is 1.36 bits per heavy atom. The SMILES string of the molecule is [Cu+2].[c-]1ncco1.[c-]1ncco1. The summed E-state index contributed by atoms with van der Waals surface area (Å²) in [6.07, 6.45) is 10.4. The molecule has 0 aliphatic carbocycles. The van der Waals surface area contributed by atoms with Gasteiger partial charge in [0.05, 0.1) is 0 Å². The minimum atomic E-state index is 0. The number of hydrogen-bond acceptors (Lipinski definition) is 4. The van der Waals surface area contributed by atoms with E-state index in [1.165, 1.54) is 24.9 Å². The zero-order valence-corrected chi connectivity index (χ0v) is 6.26. The van der Waals surface area contributed by atoms with Crippen LogP contribution in [0.3, 0.4) is 0 Å². The van der Waals surface area contributed by atoms with Gasteiger partial charge in [0.25, 0.3) is 0 Å². The Kier molecular flexibility index (Phi) is 6.37. The predicted octanol–water partition coefficient (Wildman–Crippen LogP) is 0.947. The summed E-state index contributed by atoms with van der Waals surface area (Å²) in [5.74, 6) is 0. The summed E-state index contributed by atoms with van der Waals surface area (Å²) < 4.78 is 8.69. The van der Waals surface area contributed by atoms with Crippen molar-refractivity contribution in [3.05, 3.63) is 37.7 Å². The van der Waals surface area contributed by atoms with E-state index in [0.29, 0.717) is 0 Å². The first-order chi connectivity index (χ1) is 5.00. The average molecular weight is 200 g/mol. The molecule has 0 aliphatic rings. The van der Waals surface area contributed by atoms with Gasteiger partial charge in [-0.1, -0.05) is 12.4 Å². The number of aromatic nitrogens is 2. The maximum absolute atomic E-state index is 4.35. The van der Waals surface area contributed by atoms with E-state index in [1.807, 2.05) is 0 Å². The van der Waals surface area contributed by atoms with Crippen LogP contribution in [0.25, 0.3) is 0 Å². The molecule has 2 aromatic heterocycles. The van der Waals surface area contributed by atoms with Crippen molar-refractivity contribution in [1.29, 1.82) is 0 Å². The van der Waals surface area contributed by atoms with Gasteiger partial charge in [-0.3, -0.25) is 0 Å². The van der Waals surface area contributed by atoms with Gasteiger partial charge < -0.3 is 18.8 Å². The molecule has 0 aliphatic heterocycles. The van der Waals surface area contributed by atoms with E-state index in [-0.39, 0.29) is 17.1 Å². The van der Waals surface area contributed by atoms with E-state index in [2.05, 4.69) is 31.6 Å². The molecule has 0 amide bonds. The van der Waals surface area contributed by atoms with Gasteiger partial charge in [0, 0.05) is 0 Å². The minimum Gasteiger partial charge on any atom is -0.581 e. The van der Waals surface area contributed by atoms with Crippen molar-refractivity contribution in [3.8, 4) is 0 Å². The molecule has 0 saturated heterocycles. The van der Waals surface area contributed by atoms with Gasteiger partial charge in [-0.25, -0.2) is 0 Å². The molecule has 0 atom stereocenters. The van der Waals surface area contributed by atoms with Gasteiger partial charge >= 0.3 is 17.1 Å². The minimum absolute atomic E-state index is 0. The maximum Gasteiger partial charge on any atom is 2.00 e. The zero-order valence-electron chi connectivity index (χ0n) is 5.32. The van der Waals surface area contributed by atoms with Crippen LogP contribution in [0.1, 0.15) is 0 Å². The van der Waals surface area contributed by atoms with E-state index in [4.69, 9.17) is 0 Å². The number of oxazole rings is 2. The molecule has 0 spiro atoms. The first kappa shape index (κ1) is 9.94. The molecular weight excluding hydrogens is 196 g/mol. The molecule has 0 saturated carbocycles. The van der Waals surface area contributed by atoms with Crippen molar-refractivity contribution in [3.63, 3.8) is 0 Å². The molecule has 2 aromatic rings. The van der Waals surface area contributed by atoms with E-state index in [9.17, 15) is 0 Å². The molecule has 5 heteroatoms. The van der Waals surface area contributed by atoms with Crippen LogP contribution in [-0.2, 0) is 17.1 Å². The summed E-state index contributed by atoms with van der Waals surface area (Å²) in [5, 5.41) is 0. The summed E-state index contributed by atoms with van der Waals surface area (Å²) in [6, 6.07) is 0. The van der Waals surface area contributed by atoms with Crippen molar-refractivity contribution in [1.82, 2.24) is 9.97 Å². The van der Waals surface area contributed by atoms with Crippen LogP contribution in [0.2, 0.25) is 0 Å². The molecule has 0 aromatic carbocycles. The van der Waals surface area contributed by atoms with Crippen molar-refractivity contribution in [2.45, 2.75) is 0 Å². The molecule has 0 N–H and O–H groups in total. The van der Waals surface area contributed by atoms with Crippen molar-refractivity contribution >= 4 is 0 Å². The fourth-order valence-corrected chi connectivity index (χ4v) is 0.304. The van der Waals surface area contributed by atoms with Crippen LogP contribution in [0.5, 0.6) is 0 Å². The molecule has 1 radical (unpaired) electrons. The topological polar surface area (TPSA) is 52.1 Å². The summed E-state index contributed by atoms with van der Waals surface area (Å²) in [7, 11) is 0. The van der Waals surface area contributed by atoms with Crippen molar-refractivity contribution in [2.24, 2.45) is 0 Å². The van der Waals surface area contributed by atoms with Gasteiger partial charge in [-0.15, -0.1) is 0 Å². The second-order valence-corrected chi connectivity index (χ2v) is 1.25. The van der Waals surface area contributed by atoms with Crippen LogP contribution in [0, 0.1) is 12.8 Å². The molecule has 11 heavy (non-hydrogen) atoms. The Hall–Kier alpha value is -1.06. The molecule has 0 unspecified atom stereocenters. The van der Waals surface area contributed by atoms with Gasteiger partial charge in [-0.05, 0) is 12.5 Å². The van der Waals surface area contributed by atoms with E-state index < -0.39 is 0 Å². The van der Waals surface area contributed by atoms with Crippen molar-refractivity contribution < 1.29 is 25.9 Å². The fourth-order valence-electron chi connectivity index (χ4n) is 0.304. The molecule has 2 heterocycles. The first-order valence-corrected chi connectivity index (χ1v) is 2.51. The van der Waals surface area contributed by atoms with E-state index in [0.717, 1.165) is 0 Å². The van der Waals surface area contributed by atoms with Gasteiger partial charge in [0.1, 0.15) is 12.8 Å². The van der Waals surface area contributed by atoms with Crippen LogP contribution in [-0.4, -0.2) is 9.97 Å². The Morgan fingerprint density at radius 3 is 1.45 bits per heavy atom. The maximum atomic E-state index is 4.35. The molecule has 0 fully saturated rings. The molecule has 2 rings (SSSR count). The quantitative estimate of drug-likeness (QED) is 0.468. The second-order valence-electron chi connectivity index (χ2n) is 1.25. The molecule has 0 bridgehead atoms. The molecule has 61 valence electrons. The normalized spacial score (nSPS) is 7.27. The summed E-state index contributed by atoms with van der Waals surface area (Å²) in [5.41, 5.74) is 0. The third-order valence-electron chi connectivity index (χ3n) is 0.618. The third-order valence-corrected chi connectivity index (χ3v) is 0.618. The molecule has 4 nitrogen and oxygen atoms in total.